The molecule has 0 unspecified atom stereocenters. The molecule has 0 saturated carbocycles. The molecule has 0 amide bonds. The number of carbonyl (C=O) groups excluding carboxylic acids is 1. The quantitative estimate of drug-likeness (QED) is 0.625. The molecule has 0 spiro atoms. The summed E-state index contributed by atoms with van der Waals surface area (Å²) in [4.78, 5) is 14.4. The molecular formula is C20H21NO3. The third-order valence-electron chi connectivity index (χ3n) is 4.02. The summed E-state index contributed by atoms with van der Waals surface area (Å²) in [5, 5.41) is 0. The normalized spacial score (nSPS) is 14.8. The summed E-state index contributed by atoms with van der Waals surface area (Å²) in [6.07, 6.45) is 4.08. The number of hydrogen-bond donors (Lipinski definition) is 0. The van der Waals surface area contributed by atoms with Crippen molar-refractivity contribution in [3.8, 4) is 5.75 Å². The number of esters is 1. The average molecular weight is 323 g/mol. The molecule has 0 saturated heterocycles. The molecule has 24 heavy (non-hydrogen) atoms. The number of carbonyl (C=O) groups is 1. The molecule has 0 fully saturated rings. The van der Waals surface area contributed by atoms with Crippen LogP contribution in [0.4, 0.5) is 11.4 Å². The van der Waals surface area contributed by atoms with Crippen LogP contribution < -0.4 is 9.64 Å². The highest BCUT2D eigenvalue weighted by atomic mass is 16.5. The maximum absolute atomic E-state index is 12.3. The molecule has 124 valence electrons. The van der Waals surface area contributed by atoms with Crippen LogP contribution in [0, 0.1) is 6.92 Å². The Labute approximate surface area is 142 Å². The molecule has 1 heterocycles. The van der Waals surface area contributed by atoms with E-state index in [1.165, 1.54) is 0 Å². The van der Waals surface area contributed by atoms with E-state index in [1.807, 2.05) is 44.2 Å². The largest absolute Gasteiger partial charge is 0.487 e. The molecule has 1 aliphatic rings. The molecule has 0 aromatic heterocycles. The van der Waals surface area contributed by atoms with E-state index in [2.05, 4.69) is 23.1 Å². The van der Waals surface area contributed by atoms with Crippen LogP contribution in [0.1, 0.15) is 22.8 Å². The Morgan fingerprint density at radius 3 is 2.71 bits per heavy atom. The van der Waals surface area contributed by atoms with Crippen molar-refractivity contribution in [2.24, 2.45) is 0 Å². The highest BCUT2D eigenvalue weighted by Gasteiger charge is 2.22. The number of anilines is 2. The van der Waals surface area contributed by atoms with Crippen molar-refractivity contribution < 1.29 is 14.3 Å². The zero-order chi connectivity index (χ0) is 16.9. The fourth-order valence-electron chi connectivity index (χ4n) is 2.88. The van der Waals surface area contributed by atoms with Crippen LogP contribution in [-0.2, 0) is 4.74 Å². The third kappa shape index (κ3) is 3.13. The molecule has 0 aliphatic carbocycles. The van der Waals surface area contributed by atoms with E-state index < -0.39 is 0 Å². The minimum absolute atomic E-state index is 0.302. The van der Waals surface area contributed by atoms with Crippen molar-refractivity contribution in [3.05, 3.63) is 65.7 Å². The monoisotopic (exact) mass is 323 g/mol. The maximum atomic E-state index is 12.3. The molecule has 4 heteroatoms. The van der Waals surface area contributed by atoms with Crippen LogP contribution >= 0.6 is 0 Å². The standard InChI is InChI=1S/C20H21NO3/c1-3-23-20(22)17-11-12-18-19(15(17)2)21(13-7-8-14-24-18)16-9-5-4-6-10-16/h4-12H,3,13-14H2,1-2H3/b8-7-. The first-order valence-corrected chi connectivity index (χ1v) is 8.13. The molecule has 0 radical (unpaired) electrons. The number of fused-ring (bicyclic) bond motifs is 1. The van der Waals surface area contributed by atoms with Gasteiger partial charge in [-0.15, -0.1) is 0 Å². The van der Waals surface area contributed by atoms with E-state index >= 15 is 0 Å². The Hall–Kier alpha value is -2.75. The zero-order valence-corrected chi connectivity index (χ0v) is 14.0. The van der Waals surface area contributed by atoms with E-state index in [1.54, 1.807) is 6.07 Å². The summed E-state index contributed by atoms with van der Waals surface area (Å²) in [6.45, 7) is 5.35. The van der Waals surface area contributed by atoms with Gasteiger partial charge < -0.3 is 14.4 Å². The second-order valence-electron chi connectivity index (χ2n) is 5.53. The van der Waals surface area contributed by atoms with Crippen LogP contribution in [0.5, 0.6) is 5.75 Å². The van der Waals surface area contributed by atoms with Gasteiger partial charge in [0.15, 0.2) is 0 Å². The van der Waals surface area contributed by atoms with Gasteiger partial charge in [-0.3, -0.25) is 0 Å². The van der Waals surface area contributed by atoms with Crippen LogP contribution in [0.25, 0.3) is 0 Å². The topological polar surface area (TPSA) is 38.8 Å². The van der Waals surface area contributed by atoms with Crippen molar-refractivity contribution in [2.75, 3.05) is 24.7 Å². The van der Waals surface area contributed by atoms with Crippen molar-refractivity contribution in [3.63, 3.8) is 0 Å². The highest BCUT2D eigenvalue weighted by Crippen LogP contribution is 2.39. The lowest BCUT2D eigenvalue weighted by Crippen LogP contribution is -2.22. The van der Waals surface area contributed by atoms with Gasteiger partial charge in [0, 0.05) is 12.2 Å². The maximum Gasteiger partial charge on any atom is 0.338 e. The number of para-hydroxylation sites is 1. The molecular weight excluding hydrogens is 302 g/mol. The Balaban J connectivity index is 2.13. The van der Waals surface area contributed by atoms with E-state index in [9.17, 15) is 4.79 Å². The minimum atomic E-state index is -0.302. The van der Waals surface area contributed by atoms with Gasteiger partial charge in [0.05, 0.1) is 17.9 Å². The summed E-state index contributed by atoms with van der Waals surface area (Å²) in [6, 6.07) is 13.7. The van der Waals surface area contributed by atoms with Crippen molar-refractivity contribution >= 4 is 17.3 Å². The van der Waals surface area contributed by atoms with E-state index in [4.69, 9.17) is 9.47 Å². The fourth-order valence-corrected chi connectivity index (χ4v) is 2.88. The zero-order valence-electron chi connectivity index (χ0n) is 14.0. The molecule has 0 atom stereocenters. The molecule has 2 aromatic carbocycles. The van der Waals surface area contributed by atoms with Gasteiger partial charge in [-0.1, -0.05) is 24.3 Å². The molecule has 4 nitrogen and oxygen atoms in total. The number of rotatable bonds is 3. The van der Waals surface area contributed by atoms with E-state index in [-0.39, 0.29) is 5.97 Å². The van der Waals surface area contributed by atoms with Crippen molar-refractivity contribution in [1.82, 2.24) is 0 Å². The van der Waals surface area contributed by atoms with Gasteiger partial charge >= 0.3 is 5.97 Å². The van der Waals surface area contributed by atoms with E-state index in [0.29, 0.717) is 25.3 Å². The lowest BCUT2D eigenvalue weighted by Gasteiger charge is -2.29. The first-order chi connectivity index (χ1) is 11.7. The molecule has 1 aliphatic heterocycles. The first-order valence-electron chi connectivity index (χ1n) is 8.13. The lowest BCUT2D eigenvalue weighted by atomic mass is 10.0. The summed E-state index contributed by atoms with van der Waals surface area (Å²) < 4.78 is 11.1. The average Bonchev–Trinajstić information content (AvgIpc) is 2.57. The van der Waals surface area contributed by atoms with Crippen LogP contribution in [0.3, 0.4) is 0 Å². The summed E-state index contributed by atoms with van der Waals surface area (Å²) in [5.74, 6) is 0.470. The predicted molar refractivity (Wildman–Crippen MR) is 95.2 cm³/mol. The fraction of sp³-hybridized carbons (Fsp3) is 0.250. The van der Waals surface area contributed by atoms with Crippen LogP contribution in [0.2, 0.25) is 0 Å². The smallest absolute Gasteiger partial charge is 0.338 e. The number of ether oxygens (including phenoxy) is 2. The second kappa shape index (κ2) is 7.21. The summed E-state index contributed by atoms with van der Waals surface area (Å²) in [5.41, 5.74) is 3.41. The van der Waals surface area contributed by atoms with E-state index in [0.717, 1.165) is 22.7 Å². The van der Waals surface area contributed by atoms with Crippen LogP contribution in [-0.4, -0.2) is 25.7 Å². The van der Waals surface area contributed by atoms with Gasteiger partial charge in [0.25, 0.3) is 0 Å². The van der Waals surface area contributed by atoms with Gasteiger partial charge in [-0.05, 0) is 49.8 Å². The molecule has 3 rings (SSSR count). The lowest BCUT2D eigenvalue weighted by molar-refractivity contribution is 0.0525. The first kappa shape index (κ1) is 16.1. The summed E-state index contributed by atoms with van der Waals surface area (Å²) in [7, 11) is 0. The SMILES string of the molecule is CCOC(=O)c1ccc2c(c1C)N(c1ccccc1)C/C=C\CO2. The molecule has 0 bridgehead atoms. The Morgan fingerprint density at radius 1 is 1.17 bits per heavy atom. The Morgan fingerprint density at radius 2 is 1.96 bits per heavy atom. The van der Waals surface area contributed by atoms with Gasteiger partial charge in [0.2, 0.25) is 0 Å². The predicted octanol–water partition coefficient (Wildman–Crippen LogP) is 4.26. The number of nitrogens with zero attached hydrogens (tertiary/aromatic N) is 1. The van der Waals surface area contributed by atoms with Crippen molar-refractivity contribution in [1.29, 1.82) is 0 Å². The highest BCUT2D eigenvalue weighted by molar-refractivity contribution is 5.94. The number of benzene rings is 2. The van der Waals surface area contributed by atoms with Gasteiger partial charge in [0.1, 0.15) is 12.4 Å². The minimum Gasteiger partial charge on any atom is -0.487 e. The third-order valence-corrected chi connectivity index (χ3v) is 4.02. The Kier molecular flexibility index (Phi) is 4.85. The van der Waals surface area contributed by atoms with Gasteiger partial charge in [-0.2, -0.15) is 0 Å². The molecule has 2 aromatic rings. The number of hydrogen-bond acceptors (Lipinski definition) is 4. The summed E-state index contributed by atoms with van der Waals surface area (Å²) >= 11 is 0. The molecule has 0 N–H and O–H groups in total. The van der Waals surface area contributed by atoms with Gasteiger partial charge in [-0.25, -0.2) is 4.79 Å². The Bertz CT molecular complexity index is 753. The van der Waals surface area contributed by atoms with Crippen molar-refractivity contribution in [2.45, 2.75) is 13.8 Å². The second-order valence-corrected chi connectivity index (χ2v) is 5.53. The van der Waals surface area contributed by atoms with Crippen LogP contribution in [0.15, 0.2) is 54.6 Å².